The van der Waals surface area contributed by atoms with Crippen molar-refractivity contribution < 1.29 is 23.9 Å². The molecule has 6 nitrogen and oxygen atoms in total. The summed E-state index contributed by atoms with van der Waals surface area (Å²) in [4.78, 5) is 37.0. The average Bonchev–Trinajstić information content (AvgIpc) is 2.67. The molecule has 0 fully saturated rings. The number of allylic oxidation sites excluding steroid dienone is 1. The Morgan fingerprint density at radius 1 is 1.32 bits per heavy atom. The summed E-state index contributed by atoms with van der Waals surface area (Å²) < 4.78 is 10.2. The Labute approximate surface area is 189 Å². The van der Waals surface area contributed by atoms with Crippen LogP contribution in [0.4, 0.5) is 0 Å². The number of halogens is 1. The zero-order chi connectivity index (χ0) is 23.2. The van der Waals surface area contributed by atoms with Crippen LogP contribution in [0, 0.1) is 5.41 Å². The van der Waals surface area contributed by atoms with Crippen molar-refractivity contribution >= 4 is 29.9 Å². The normalized spacial score (nSPS) is 19.1. The summed E-state index contributed by atoms with van der Waals surface area (Å²) in [7, 11) is 0. The van der Waals surface area contributed by atoms with E-state index in [9.17, 15) is 14.4 Å². The SMILES string of the molecule is CCOC(=O)CCN1C=C(OC=O)[C@](C)(c2ccc(CCC(C)(C)C)c(Cl)c2)CC1=O. The van der Waals surface area contributed by atoms with Gasteiger partial charge in [-0.25, -0.2) is 0 Å². The van der Waals surface area contributed by atoms with E-state index in [0.29, 0.717) is 17.3 Å². The lowest BCUT2D eigenvalue weighted by molar-refractivity contribution is -0.144. The Morgan fingerprint density at radius 2 is 2.03 bits per heavy atom. The van der Waals surface area contributed by atoms with E-state index in [-0.39, 0.29) is 43.3 Å². The number of esters is 1. The minimum absolute atomic E-state index is 0.0649. The average molecular weight is 450 g/mol. The second-order valence-electron chi connectivity index (χ2n) is 9.23. The second kappa shape index (κ2) is 10.3. The first-order chi connectivity index (χ1) is 14.5. The Kier molecular flexibility index (Phi) is 8.29. The number of amides is 1. The van der Waals surface area contributed by atoms with Crippen molar-refractivity contribution in [3.63, 3.8) is 0 Å². The first-order valence-electron chi connectivity index (χ1n) is 10.6. The molecule has 0 aromatic heterocycles. The van der Waals surface area contributed by atoms with Crippen LogP contribution >= 0.6 is 11.6 Å². The summed E-state index contributed by atoms with van der Waals surface area (Å²) in [6.45, 7) is 10.9. The van der Waals surface area contributed by atoms with E-state index in [2.05, 4.69) is 20.8 Å². The van der Waals surface area contributed by atoms with Gasteiger partial charge in [-0.05, 0) is 49.3 Å². The molecular weight excluding hydrogens is 418 g/mol. The highest BCUT2D eigenvalue weighted by molar-refractivity contribution is 6.31. The lowest BCUT2D eigenvalue weighted by Gasteiger charge is -2.37. The van der Waals surface area contributed by atoms with E-state index >= 15 is 0 Å². The molecule has 31 heavy (non-hydrogen) atoms. The highest BCUT2D eigenvalue weighted by Crippen LogP contribution is 2.41. The van der Waals surface area contributed by atoms with Gasteiger partial charge in [0.1, 0.15) is 5.76 Å². The van der Waals surface area contributed by atoms with Gasteiger partial charge in [-0.15, -0.1) is 0 Å². The topological polar surface area (TPSA) is 72.9 Å². The number of aryl methyl sites for hydroxylation is 1. The summed E-state index contributed by atoms with van der Waals surface area (Å²) in [5, 5.41) is 0.630. The predicted molar refractivity (Wildman–Crippen MR) is 119 cm³/mol. The van der Waals surface area contributed by atoms with Crippen molar-refractivity contribution in [2.45, 2.75) is 65.7 Å². The van der Waals surface area contributed by atoms with Crippen LogP contribution in [0.15, 0.2) is 30.2 Å². The van der Waals surface area contributed by atoms with Crippen LogP contribution in [-0.2, 0) is 35.7 Å². The largest absolute Gasteiger partial charge is 0.466 e. The summed E-state index contributed by atoms with van der Waals surface area (Å²) >= 11 is 6.57. The fourth-order valence-corrected chi connectivity index (χ4v) is 3.82. The van der Waals surface area contributed by atoms with Crippen LogP contribution < -0.4 is 0 Å². The molecule has 0 unspecified atom stereocenters. The number of carbonyl (C=O) groups is 3. The van der Waals surface area contributed by atoms with Crippen molar-refractivity contribution in [2.24, 2.45) is 5.41 Å². The van der Waals surface area contributed by atoms with Gasteiger partial charge in [0, 0.05) is 24.2 Å². The van der Waals surface area contributed by atoms with Crippen molar-refractivity contribution in [1.82, 2.24) is 4.90 Å². The molecule has 1 atom stereocenters. The van der Waals surface area contributed by atoms with Gasteiger partial charge in [0.25, 0.3) is 6.47 Å². The molecule has 0 N–H and O–H groups in total. The van der Waals surface area contributed by atoms with Crippen LogP contribution in [0.25, 0.3) is 0 Å². The van der Waals surface area contributed by atoms with E-state index in [4.69, 9.17) is 21.1 Å². The molecular formula is C24H32ClNO5. The lowest BCUT2D eigenvalue weighted by Crippen LogP contribution is -2.42. The first-order valence-corrected chi connectivity index (χ1v) is 10.9. The number of hydrogen-bond acceptors (Lipinski definition) is 5. The Hall–Kier alpha value is -2.34. The number of hydrogen-bond donors (Lipinski definition) is 0. The number of carbonyl (C=O) groups excluding carboxylic acids is 3. The van der Waals surface area contributed by atoms with Crippen LogP contribution in [0.5, 0.6) is 0 Å². The highest BCUT2D eigenvalue weighted by atomic mass is 35.5. The fourth-order valence-electron chi connectivity index (χ4n) is 3.54. The molecule has 0 radical (unpaired) electrons. The third-order valence-electron chi connectivity index (χ3n) is 5.51. The molecule has 2 rings (SSSR count). The van der Waals surface area contributed by atoms with Crippen LogP contribution in [0.2, 0.25) is 5.02 Å². The summed E-state index contributed by atoms with van der Waals surface area (Å²) in [6.07, 6.45) is 3.51. The maximum absolute atomic E-state index is 12.8. The second-order valence-corrected chi connectivity index (χ2v) is 9.63. The van der Waals surface area contributed by atoms with Gasteiger partial charge < -0.3 is 14.4 Å². The van der Waals surface area contributed by atoms with Crippen molar-refractivity contribution in [3.8, 4) is 0 Å². The molecule has 1 aromatic carbocycles. The van der Waals surface area contributed by atoms with Crippen molar-refractivity contribution in [3.05, 3.63) is 46.3 Å². The molecule has 0 aliphatic carbocycles. The standard InChI is InChI=1S/C24H32ClNO5/c1-6-30-22(29)10-12-26-15-20(31-16-27)24(5,14-21(26)28)18-8-7-17(19(25)13-18)9-11-23(2,3)4/h7-8,13,15-16H,6,9-12,14H2,1-5H3/t24-/m0/s1. The van der Waals surface area contributed by atoms with Crippen molar-refractivity contribution in [1.29, 1.82) is 0 Å². The monoisotopic (exact) mass is 449 g/mol. The zero-order valence-corrected chi connectivity index (χ0v) is 19.8. The van der Waals surface area contributed by atoms with Gasteiger partial charge in [-0.1, -0.05) is 44.5 Å². The minimum Gasteiger partial charge on any atom is -0.466 e. The molecule has 1 amide bonds. The maximum Gasteiger partial charge on any atom is 0.307 e. The molecule has 1 aromatic rings. The fraction of sp³-hybridized carbons (Fsp3) is 0.542. The summed E-state index contributed by atoms with van der Waals surface area (Å²) in [5.74, 6) is -0.213. The third-order valence-corrected chi connectivity index (χ3v) is 5.87. The molecule has 0 saturated heterocycles. The Balaban J connectivity index is 2.28. The predicted octanol–water partition coefficient (Wildman–Crippen LogP) is 4.78. The smallest absolute Gasteiger partial charge is 0.307 e. The zero-order valence-electron chi connectivity index (χ0n) is 19.0. The Bertz CT molecular complexity index is 858. The quantitative estimate of drug-likeness (QED) is 0.401. The van der Waals surface area contributed by atoms with E-state index in [1.54, 1.807) is 6.92 Å². The molecule has 1 aliphatic heterocycles. The maximum atomic E-state index is 12.8. The highest BCUT2D eigenvalue weighted by Gasteiger charge is 2.41. The van der Waals surface area contributed by atoms with Gasteiger partial charge in [0.15, 0.2) is 0 Å². The van der Waals surface area contributed by atoms with E-state index in [1.165, 1.54) is 11.1 Å². The van der Waals surface area contributed by atoms with E-state index in [1.807, 2.05) is 25.1 Å². The molecule has 1 aliphatic rings. The van der Waals surface area contributed by atoms with Crippen LogP contribution in [0.3, 0.4) is 0 Å². The molecule has 0 saturated carbocycles. The molecule has 170 valence electrons. The summed E-state index contributed by atoms with van der Waals surface area (Å²) in [5.41, 5.74) is 1.20. The molecule has 1 heterocycles. The van der Waals surface area contributed by atoms with Gasteiger partial charge in [-0.2, -0.15) is 0 Å². The van der Waals surface area contributed by atoms with Gasteiger partial charge in [0.05, 0.1) is 18.4 Å². The minimum atomic E-state index is -0.843. The summed E-state index contributed by atoms with van der Waals surface area (Å²) in [6, 6.07) is 5.77. The van der Waals surface area contributed by atoms with Gasteiger partial charge in [-0.3, -0.25) is 14.4 Å². The first kappa shape index (κ1) is 24.9. The van der Waals surface area contributed by atoms with Crippen LogP contribution in [-0.4, -0.2) is 36.4 Å². The molecule has 7 heteroatoms. The van der Waals surface area contributed by atoms with E-state index in [0.717, 1.165) is 24.0 Å². The molecule has 0 spiro atoms. The number of rotatable bonds is 9. The van der Waals surface area contributed by atoms with Gasteiger partial charge in [0.2, 0.25) is 5.91 Å². The third kappa shape index (κ3) is 6.57. The molecule has 0 bridgehead atoms. The number of nitrogens with zero attached hydrogens (tertiary/aromatic N) is 1. The number of benzene rings is 1. The Morgan fingerprint density at radius 3 is 2.61 bits per heavy atom. The lowest BCUT2D eigenvalue weighted by atomic mass is 9.75. The van der Waals surface area contributed by atoms with Crippen LogP contribution in [0.1, 0.15) is 65.0 Å². The van der Waals surface area contributed by atoms with Crippen molar-refractivity contribution in [2.75, 3.05) is 13.2 Å². The van der Waals surface area contributed by atoms with E-state index < -0.39 is 5.41 Å². The number of ether oxygens (including phenoxy) is 2. The van der Waals surface area contributed by atoms with Gasteiger partial charge >= 0.3 is 5.97 Å².